The zero-order valence-electron chi connectivity index (χ0n) is 17.6. The number of aryl methyl sites for hydroxylation is 1. The minimum absolute atomic E-state index is 0.0980. The highest BCUT2D eigenvalue weighted by atomic mass is 32.1. The summed E-state index contributed by atoms with van der Waals surface area (Å²) in [5.74, 6) is 2.22. The first-order valence-electron chi connectivity index (χ1n) is 10.6. The van der Waals surface area contributed by atoms with Gasteiger partial charge in [0.15, 0.2) is 17.6 Å². The molecule has 10 heteroatoms. The van der Waals surface area contributed by atoms with Crippen LogP contribution in [-0.4, -0.2) is 36.9 Å². The van der Waals surface area contributed by atoms with E-state index in [4.69, 9.17) is 4.84 Å². The number of nitrogens with one attached hydrogen (secondary N) is 1. The number of benzene rings is 1. The second-order valence-corrected chi connectivity index (χ2v) is 8.88. The highest BCUT2D eigenvalue weighted by molar-refractivity contribution is 7.13. The summed E-state index contributed by atoms with van der Waals surface area (Å²) in [6.07, 6.45) is 6.64. The van der Waals surface area contributed by atoms with Gasteiger partial charge in [-0.25, -0.2) is 4.98 Å². The van der Waals surface area contributed by atoms with Crippen molar-refractivity contribution >= 4 is 28.2 Å². The maximum Gasteiger partial charge on any atom is 0.250 e. The van der Waals surface area contributed by atoms with Crippen molar-refractivity contribution in [3.8, 4) is 0 Å². The van der Waals surface area contributed by atoms with Gasteiger partial charge in [-0.15, -0.1) is 16.4 Å². The Kier molecular flexibility index (Phi) is 5.76. The number of hydrogen-bond donors (Lipinski definition) is 1. The minimum atomic E-state index is -0.0980. The predicted octanol–water partition coefficient (Wildman–Crippen LogP) is 3.55. The van der Waals surface area contributed by atoms with Crippen LogP contribution in [-0.2, 0) is 16.2 Å². The van der Waals surface area contributed by atoms with E-state index in [-0.39, 0.29) is 12.5 Å². The Labute approximate surface area is 189 Å². The molecule has 0 bridgehead atoms. The van der Waals surface area contributed by atoms with Gasteiger partial charge in [0.25, 0.3) is 0 Å². The summed E-state index contributed by atoms with van der Waals surface area (Å²) in [5, 5.41) is 21.1. The molecule has 1 aromatic carbocycles. The first-order chi connectivity index (χ1) is 15.7. The molecule has 1 N–H and O–H groups in total. The van der Waals surface area contributed by atoms with Crippen molar-refractivity contribution in [2.45, 2.75) is 39.2 Å². The Bertz CT molecular complexity index is 1150. The molecule has 2 aliphatic carbocycles. The number of allylic oxidation sites excluding steroid dienone is 1. The lowest BCUT2D eigenvalue weighted by Crippen LogP contribution is -2.17. The molecule has 2 heterocycles. The molecule has 3 aromatic rings. The molecule has 2 aromatic heterocycles. The van der Waals surface area contributed by atoms with Crippen LogP contribution in [0, 0.1) is 18.8 Å². The normalized spacial score (nSPS) is 16.0. The third kappa shape index (κ3) is 4.91. The lowest BCUT2D eigenvalue weighted by molar-refractivity contribution is -0.112. The Morgan fingerprint density at radius 2 is 2.00 bits per heavy atom. The van der Waals surface area contributed by atoms with Crippen molar-refractivity contribution in [3.05, 3.63) is 64.4 Å². The van der Waals surface area contributed by atoms with Gasteiger partial charge in [-0.3, -0.25) is 10.1 Å². The number of aromatic nitrogens is 5. The van der Waals surface area contributed by atoms with E-state index in [0.717, 1.165) is 5.56 Å². The fraction of sp³-hybridized carbons (Fsp3) is 0.364. The molecule has 1 amide bonds. The van der Waals surface area contributed by atoms with E-state index in [9.17, 15) is 4.79 Å². The molecule has 0 saturated heterocycles. The van der Waals surface area contributed by atoms with Crippen molar-refractivity contribution in [1.29, 1.82) is 0 Å². The molecule has 0 radical (unpaired) electrons. The van der Waals surface area contributed by atoms with Crippen LogP contribution in [0.3, 0.4) is 0 Å². The highest BCUT2D eigenvalue weighted by Crippen LogP contribution is 2.48. The molecule has 0 atom stereocenters. The molecule has 164 valence electrons. The summed E-state index contributed by atoms with van der Waals surface area (Å²) in [6, 6.07) is 9.56. The molecule has 2 fully saturated rings. The van der Waals surface area contributed by atoms with Gasteiger partial charge in [-0.1, -0.05) is 41.1 Å². The Balaban J connectivity index is 1.23. The van der Waals surface area contributed by atoms with Crippen molar-refractivity contribution < 1.29 is 9.63 Å². The molecule has 0 spiro atoms. The molecule has 2 aliphatic rings. The Hall–Kier alpha value is -3.40. The van der Waals surface area contributed by atoms with Crippen molar-refractivity contribution in [2.24, 2.45) is 17.0 Å². The molecule has 0 unspecified atom stereocenters. The third-order valence-corrected chi connectivity index (χ3v) is 6.21. The first kappa shape index (κ1) is 20.5. The predicted molar refractivity (Wildman–Crippen MR) is 120 cm³/mol. The summed E-state index contributed by atoms with van der Waals surface area (Å²) < 4.78 is 1.52. The fourth-order valence-electron chi connectivity index (χ4n) is 3.51. The number of oxime groups is 1. The zero-order chi connectivity index (χ0) is 21.9. The van der Waals surface area contributed by atoms with E-state index in [1.54, 1.807) is 13.0 Å². The fourth-order valence-corrected chi connectivity index (χ4v) is 4.21. The number of carbonyl (C=O) groups is 1. The van der Waals surface area contributed by atoms with Gasteiger partial charge in [0.05, 0.1) is 5.69 Å². The zero-order valence-corrected chi connectivity index (χ0v) is 18.5. The summed E-state index contributed by atoms with van der Waals surface area (Å²) in [6.45, 7) is 1.95. The van der Waals surface area contributed by atoms with Gasteiger partial charge in [0, 0.05) is 17.0 Å². The number of anilines is 1. The van der Waals surface area contributed by atoms with Crippen molar-refractivity contribution in [3.63, 3.8) is 0 Å². The SMILES string of the molecule is Cc1nnnn1/C(=N/OCc1csc(NC(=O)C=C(C2CC2)C2CC2)n1)c1ccccc1. The molecular weight excluding hydrogens is 426 g/mol. The number of rotatable bonds is 8. The summed E-state index contributed by atoms with van der Waals surface area (Å²) in [4.78, 5) is 22.4. The maximum absolute atomic E-state index is 12.4. The lowest BCUT2D eigenvalue weighted by Gasteiger charge is -2.06. The van der Waals surface area contributed by atoms with Crippen LogP contribution < -0.4 is 5.32 Å². The van der Waals surface area contributed by atoms with Gasteiger partial charge in [-0.05, 0) is 54.9 Å². The largest absolute Gasteiger partial charge is 0.387 e. The van der Waals surface area contributed by atoms with E-state index < -0.39 is 0 Å². The van der Waals surface area contributed by atoms with Crippen LogP contribution in [0.2, 0.25) is 0 Å². The lowest BCUT2D eigenvalue weighted by atomic mass is 10.1. The van der Waals surface area contributed by atoms with E-state index in [1.165, 1.54) is 47.3 Å². The molecule has 5 rings (SSSR count). The van der Waals surface area contributed by atoms with Crippen LogP contribution in [0.4, 0.5) is 5.13 Å². The molecule has 0 aliphatic heterocycles. The first-order valence-corrected chi connectivity index (χ1v) is 11.5. The van der Waals surface area contributed by atoms with E-state index in [1.807, 2.05) is 35.7 Å². The van der Waals surface area contributed by atoms with E-state index in [0.29, 0.717) is 34.3 Å². The van der Waals surface area contributed by atoms with Crippen LogP contribution in [0.15, 0.2) is 52.5 Å². The monoisotopic (exact) mass is 449 g/mol. The van der Waals surface area contributed by atoms with Gasteiger partial charge < -0.3 is 4.84 Å². The number of amides is 1. The van der Waals surface area contributed by atoms with Crippen LogP contribution in [0.25, 0.3) is 0 Å². The van der Waals surface area contributed by atoms with Crippen LogP contribution >= 0.6 is 11.3 Å². The Morgan fingerprint density at radius 3 is 2.66 bits per heavy atom. The van der Waals surface area contributed by atoms with E-state index in [2.05, 4.69) is 31.0 Å². The van der Waals surface area contributed by atoms with Gasteiger partial charge in [-0.2, -0.15) is 4.68 Å². The third-order valence-electron chi connectivity index (χ3n) is 5.40. The summed E-state index contributed by atoms with van der Waals surface area (Å²) in [7, 11) is 0. The van der Waals surface area contributed by atoms with Crippen LogP contribution in [0.1, 0.15) is 42.8 Å². The van der Waals surface area contributed by atoms with E-state index >= 15 is 0 Å². The number of thiazole rings is 1. The van der Waals surface area contributed by atoms with Crippen molar-refractivity contribution in [2.75, 3.05) is 5.32 Å². The summed E-state index contributed by atoms with van der Waals surface area (Å²) >= 11 is 1.37. The number of tetrazole rings is 1. The minimum Gasteiger partial charge on any atom is -0.387 e. The molecule has 9 nitrogen and oxygen atoms in total. The highest BCUT2D eigenvalue weighted by Gasteiger charge is 2.36. The van der Waals surface area contributed by atoms with Gasteiger partial charge >= 0.3 is 0 Å². The molecule has 32 heavy (non-hydrogen) atoms. The Morgan fingerprint density at radius 1 is 1.25 bits per heavy atom. The average Bonchev–Trinajstić information content (AvgIpc) is 3.73. The number of hydrogen-bond acceptors (Lipinski definition) is 8. The average molecular weight is 450 g/mol. The molecule has 2 saturated carbocycles. The maximum atomic E-state index is 12.4. The molecular formula is C22H23N7O2S. The number of nitrogens with zero attached hydrogens (tertiary/aromatic N) is 6. The quantitative estimate of drug-likeness (QED) is 0.244. The van der Waals surface area contributed by atoms with Gasteiger partial charge in [0.2, 0.25) is 11.7 Å². The van der Waals surface area contributed by atoms with Gasteiger partial charge in [0.1, 0.15) is 0 Å². The van der Waals surface area contributed by atoms with Crippen LogP contribution in [0.5, 0.6) is 0 Å². The number of carbonyl (C=O) groups excluding carboxylic acids is 1. The smallest absolute Gasteiger partial charge is 0.250 e. The second kappa shape index (κ2) is 8.99. The topological polar surface area (TPSA) is 107 Å². The summed E-state index contributed by atoms with van der Waals surface area (Å²) in [5.41, 5.74) is 2.83. The standard InChI is InChI=1S/C22H23N7O2S/c1-14-25-27-28-29(14)21(17-5-3-2-4-6-17)26-31-12-18-13-32-22(23-18)24-20(30)11-19(15-7-8-15)16-9-10-16/h2-6,11,13,15-16H,7-10,12H2,1H3,(H,23,24,30)/b26-21+. The second-order valence-electron chi connectivity index (χ2n) is 8.02. The van der Waals surface area contributed by atoms with Crippen molar-refractivity contribution in [1.82, 2.24) is 25.2 Å².